The summed E-state index contributed by atoms with van der Waals surface area (Å²) in [5.41, 5.74) is 1.21. The van der Waals surface area contributed by atoms with E-state index in [1.54, 1.807) is 6.92 Å². The summed E-state index contributed by atoms with van der Waals surface area (Å²) in [4.78, 5) is 34.9. The van der Waals surface area contributed by atoms with Gasteiger partial charge in [-0.25, -0.2) is 0 Å². The Hall–Kier alpha value is -2.97. The van der Waals surface area contributed by atoms with Gasteiger partial charge < -0.3 is 15.4 Å². The molecule has 0 spiro atoms. The molecule has 0 atom stereocenters. The summed E-state index contributed by atoms with van der Waals surface area (Å²) in [5, 5.41) is 16.4. The maximum absolute atomic E-state index is 12.5. The lowest BCUT2D eigenvalue weighted by Crippen LogP contribution is -2.27. The summed E-state index contributed by atoms with van der Waals surface area (Å²) < 4.78 is 4.87. The van der Waals surface area contributed by atoms with E-state index in [2.05, 4.69) is 10.6 Å². The predicted molar refractivity (Wildman–Crippen MR) is 101 cm³/mol. The van der Waals surface area contributed by atoms with Crippen molar-refractivity contribution >= 4 is 34.8 Å². The van der Waals surface area contributed by atoms with E-state index in [-0.39, 0.29) is 27.9 Å². The van der Waals surface area contributed by atoms with Crippen LogP contribution in [-0.2, 0) is 4.74 Å². The highest BCUT2D eigenvalue weighted by atomic mass is 35.5. The minimum Gasteiger partial charge on any atom is -0.383 e. The van der Waals surface area contributed by atoms with E-state index in [0.717, 1.165) is 0 Å². The largest absolute Gasteiger partial charge is 0.383 e. The Morgan fingerprint density at radius 1 is 1.19 bits per heavy atom. The number of nitro benzene ring substituents is 1. The van der Waals surface area contributed by atoms with E-state index >= 15 is 0 Å². The van der Waals surface area contributed by atoms with Gasteiger partial charge in [-0.2, -0.15) is 0 Å². The minimum absolute atomic E-state index is 0.100. The number of nitro groups is 1. The van der Waals surface area contributed by atoms with Crippen LogP contribution in [0.4, 0.5) is 11.4 Å². The number of nitrogens with one attached hydrogen (secondary N) is 2. The number of anilines is 1. The normalized spacial score (nSPS) is 10.3. The fourth-order valence-electron chi connectivity index (χ4n) is 2.34. The number of non-ortho nitro benzene ring substituents is 1. The number of hydrogen-bond acceptors (Lipinski definition) is 5. The highest BCUT2D eigenvalue weighted by Crippen LogP contribution is 2.25. The molecule has 0 radical (unpaired) electrons. The molecular formula is C18H18ClN3O5. The van der Waals surface area contributed by atoms with Crippen LogP contribution < -0.4 is 10.6 Å². The molecule has 9 heteroatoms. The van der Waals surface area contributed by atoms with E-state index in [4.69, 9.17) is 16.3 Å². The third-order valence-electron chi connectivity index (χ3n) is 3.73. The molecule has 0 unspecified atom stereocenters. The number of halogens is 1. The van der Waals surface area contributed by atoms with E-state index < -0.39 is 10.8 Å². The lowest BCUT2D eigenvalue weighted by atomic mass is 10.1. The van der Waals surface area contributed by atoms with Gasteiger partial charge in [-0.05, 0) is 36.8 Å². The molecule has 0 aliphatic heterocycles. The van der Waals surface area contributed by atoms with Crippen LogP contribution in [0.5, 0.6) is 0 Å². The Balaban J connectivity index is 2.19. The highest BCUT2D eigenvalue weighted by Gasteiger charge is 2.16. The fraction of sp³-hybridized carbons (Fsp3) is 0.222. The average molecular weight is 392 g/mol. The standard InChI is InChI=1S/C18H18ClN3O5/c1-11-9-13(22(25)26)4-5-14(11)18(24)21-16-10-12(3-6-15(16)19)17(23)20-7-8-27-2/h3-6,9-10H,7-8H2,1-2H3,(H,20,23)(H,21,24). The topological polar surface area (TPSA) is 111 Å². The van der Waals surface area contributed by atoms with Crippen molar-refractivity contribution in [1.29, 1.82) is 0 Å². The molecule has 8 nitrogen and oxygen atoms in total. The van der Waals surface area contributed by atoms with Gasteiger partial charge in [-0.3, -0.25) is 19.7 Å². The minimum atomic E-state index is -0.531. The molecule has 0 aromatic heterocycles. The zero-order valence-electron chi connectivity index (χ0n) is 14.7. The van der Waals surface area contributed by atoms with Crippen LogP contribution in [0.1, 0.15) is 26.3 Å². The van der Waals surface area contributed by atoms with Crippen LogP contribution in [0.3, 0.4) is 0 Å². The summed E-state index contributed by atoms with van der Waals surface area (Å²) in [6.07, 6.45) is 0. The van der Waals surface area contributed by atoms with Gasteiger partial charge in [0.2, 0.25) is 0 Å². The van der Waals surface area contributed by atoms with Crippen molar-refractivity contribution in [3.05, 3.63) is 68.2 Å². The van der Waals surface area contributed by atoms with Crippen LogP contribution in [0.25, 0.3) is 0 Å². The third-order valence-corrected chi connectivity index (χ3v) is 4.06. The second-order valence-electron chi connectivity index (χ2n) is 5.65. The highest BCUT2D eigenvalue weighted by molar-refractivity contribution is 6.34. The first-order chi connectivity index (χ1) is 12.8. The lowest BCUT2D eigenvalue weighted by molar-refractivity contribution is -0.384. The van der Waals surface area contributed by atoms with Crippen molar-refractivity contribution in [3.63, 3.8) is 0 Å². The van der Waals surface area contributed by atoms with Crippen molar-refractivity contribution in [2.75, 3.05) is 25.6 Å². The van der Waals surface area contributed by atoms with Gasteiger partial charge in [0, 0.05) is 36.9 Å². The van der Waals surface area contributed by atoms with E-state index in [1.165, 1.54) is 43.5 Å². The molecule has 2 aromatic carbocycles. The summed E-state index contributed by atoms with van der Waals surface area (Å²) in [7, 11) is 1.53. The number of aryl methyl sites for hydroxylation is 1. The number of carbonyl (C=O) groups excluding carboxylic acids is 2. The first-order valence-electron chi connectivity index (χ1n) is 7.96. The Bertz CT molecular complexity index is 885. The zero-order valence-corrected chi connectivity index (χ0v) is 15.5. The Labute approximate surface area is 160 Å². The summed E-state index contributed by atoms with van der Waals surface area (Å²) >= 11 is 6.11. The molecule has 0 fully saturated rings. The molecule has 2 N–H and O–H groups in total. The molecule has 2 amide bonds. The number of rotatable bonds is 7. The van der Waals surface area contributed by atoms with E-state index in [1.807, 2.05) is 0 Å². The molecule has 27 heavy (non-hydrogen) atoms. The maximum Gasteiger partial charge on any atom is 0.269 e. The van der Waals surface area contributed by atoms with Gasteiger partial charge in [0.25, 0.3) is 17.5 Å². The lowest BCUT2D eigenvalue weighted by Gasteiger charge is -2.11. The second kappa shape index (κ2) is 9.11. The first kappa shape index (κ1) is 20.3. The number of ether oxygens (including phenoxy) is 1. The summed E-state index contributed by atoms with van der Waals surface area (Å²) in [6, 6.07) is 8.45. The van der Waals surface area contributed by atoms with Crippen LogP contribution in [0.2, 0.25) is 5.02 Å². The molecule has 0 heterocycles. The molecule has 0 aliphatic rings. The molecule has 2 aromatic rings. The van der Waals surface area contributed by atoms with Crippen LogP contribution in [0.15, 0.2) is 36.4 Å². The summed E-state index contributed by atoms with van der Waals surface area (Å²) in [5.74, 6) is -0.813. The molecule has 142 valence electrons. The van der Waals surface area contributed by atoms with Crippen LogP contribution in [0, 0.1) is 17.0 Å². The second-order valence-corrected chi connectivity index (χ2v) is 6.06. The van der Waals surface area contributed by atoms with Crippen LogP contribution >= 0.6 is 11.6 Å². The summed E-state index contributed by atoms with van der Waals surface area (Å²) in [6.45, 7) is 2.33. The van der Waals surface area contributed by atoms with E-state index in [0.29, 0.717) is 24.3 Å². The molecule has 0 saturated heterocycles. The Morgan fingerprint density at radius 2 is 1.93 bits per heavy atom. The molecule has 2 rings (SSSR count). The molecule has 0 aliphatic carbocycles. The van der Waals surface area contributed by atoms with Gasteiger partial charge >= 0.3 is 0 Å². The van der Waals surface area contributed by atoms with Gasteiger partial charge in [0.05, 0.1) is 22.2 Å². The van der Waals surface area contributed by atoms with Gasteiger partial charge in [-0.1, -0.05) is 11.6 Å². The van der Waals surface area contributed by atoms with Crippen molar-refractivity contribution < 1.29 is 19.2 Å². The van der Waals surface area contributed by atoms with Gasteiger partial charge in [0.15, 0.2) is 0 Å². The number of carbonyl (C=O) groups is 2. The van der Waals surface area contributed by atoms with E-state index in [9.17, 15) is 19.7 Å². The fourth-order valence-corrected chi connectivity index (χ4v) is 2.50. The quantitative estimate of drug-likeness (QED) is 0.428. The number of hydrogen-bond donors (Lipinski definition) is 2. The van der Waals surface area contributed by atoms with Gasteiger partial charge in [-0.15, -0.1) is 0 Å². The SMILES string of the molecule is COCCNC(=O)c1ccc(Cl)c(NC(=O)c2ccc([N+](=O)[O-])cc2C)c1. The smallest absolute Gasteiger partial charge is 0.269 e. The maximum atomic E-state index is 12.5. The monoisotopic (exact) mass is 391 g/mol. The number of amides is 2. The predicted octanol–water partition coefficient (Wildman–Crippen LogP) is 3.19. The first-order valence-corrected chi connectivity index (χ1v) is 8.34. The van der Waals surface area contributed by atoms with Crippen molar-refractivity contribution in [1.82, 2.24) is 5.32 Å². The van der Waals surface area contributed by atoms with Crippen molar-refractivity contribution in [2.45, 2.75) is 6.92 Å². The molecule has 0 saturated carbocycles. The van der Waals surface area contributed by atoms with Crippen molar-refractivity contribution in [2.24, 2.45) is 0 Å². The molecule has 0 bridgehead atoms. The number of methoxy groups -OCH3 is 1. The zero-order chi connectivity index (χ0) is 20.0. The Morgan fingerprint density at radius 3 is 2.56 bits per heavy atom. The molecular weight excluding hydrogens is 374 g/mol. The number of nitrogens with zero attached hydrogens (tertiary/aromatic N) is 1. The van der Waals surface area contributed by atoms with Gasteiger partial charge in [0.1, 0.15) is 0 Å². The third kappa shape index (κ3) is 5.25. The van der Waals surface area contributed by atoms with Crippen molar-refractivity contribution in [3.8, 4) is 0 Å². The van der Waals surface area contributed by atoms with Crippen LogP contribution in [-0.4, -0.2) is 37.0 Å². The Kier molecular flexibility index (Phi) is 6.86. The number of benzene rings is 2. The average Bonchev–Trinajstić information content (AvgIpc) is 2.63.